The van der Waals surface area contributed by atoms with Crippen LogP contribution in [-0.2, 0) is 28.4 Å². The van der Waals surface area contributed by atoms with Gasteiger partial charge >= 0.3 is 0 Å². The smallest absolute Gasteiger partial charge is 0.215 e. The van der Waals surface area contributed by atoms with Crippen LogP contribution >= 0.6 is 48.0 Å². The van der Waals surface area contributed by atoms with E-state index in [4.69, 9.17) is 42.4 Å². The maximum Gasteiger partial charge on any atom is 0.215 e. The van der Waals surface area contributed by atoms with Gasteiger partial charge in [0.1, 0.15) is 18.5 Å². The number of hydrogen-bond acceptors (Lipinski definition) is 8. The minimum absolute atomic E-state index is 0. The van der Waals surface area contributed by atoms with E-state index >= 15 is 0 Å². The van der Waals surface area contributed by atoms with E-state index in [1.54, 1.807) is 24.7 Å². The summed E-state index contributed by atoms with van der Waals surface area (Å²) >= 11 is 12.8. The van der Waals surface area contributed by atoms with Crippen LogP contribution in [-0.4, -0.2) is 69.9 Å². The number of benzene rings is 3. The molecular formula is C36H38Cl4N6O3. The Balaban J connectivity index is 0.00000234. The summed E-state index contributed by atoms with van der Waals surface area (Å²) < 4.78 is 20.9. The van der Waals surface area contributed by atoms with Crippen molar-refractivity contribution in [1.29, 1.82) is 0 Å². The van der Waals surface area contributed by atoms with Gasteiger partial charge in [0.05, 0.1) is 24.5 Å². The van der Waals surface area contributed by atoms with Crippen LogP contribution in [0.1, 0.15) is 16.8 Å². The van der Waals surface area contributed by atoms with Crippen molar-refractivity contribution in [3.05, 3.63) is 125 Å². The number of hydrogen-bond donors (Lipinski definition) is 0. The summed E-state index contributed by atoms with van der Waals surface area (Å²) in [6.07, 6.45) is 7.00. The summed E-state index contributed by atoms with van der Waals surface area (Å²) in [4.78, 5) is 18.5. The SMILES string of the molecule is Cc1nc(-c2ccccc2)ncc1CN1CCN(c2ccc(OC[C@@H]3CO[C@@](Cn4ccnc4)(c4ccc(Cl)cc4Cl)O3)cc2)CC1.Cl.Cl. The van der Waals surface area contributed by atoms with E-state index in [0.717, 1.165) is 55.6 Å². The fraction of sp³-hybridized carbons (Fsp3) is 0.306. The molecule has 258 valence electrons. The number of nitrogens with zero attached hydrogens (tertiary/aromatic N) is 6. The van der Waals surface area contributed by atoms with Crippen molar-refractivity contribution in [1.82, 2.24) is 24.4 Å². The lowest BCUT2D eigenvalue weighted by Gasteiger charge is -2.36. The minimum atomic E-state index is -1.08. The molecule has 0 N–H and O–H groups in total. The Morgan fingerprint density at radius 1 is 0.959 bits per heavy atom. The van der Waals surface area contributed by atoms with Crippen LogP contribution in [0.3, 0.4) is 0 Å². The third kappa shape index (κ3) is 8.67. The van der Waals surface area contributed by atoms with Gasteiger partial charge in [0.2, 0.25) is 5.79 Å². The highest BCUT2D eigenvalue weighted by molar-refractivity contribution is 6.35. The summed E-state index contributed by atoms with van der Waals surface area (Å²) in [5.74, 6) is 0.469. The number of aryl methyl sites for hydroxylation is 1. The quantitative estimate of drug-likeness (QED) is 0.146. The maximum absolute atomic E-state index is 6.60. The second kappa shape index (κ2) is 16.5. The minimum Gasteiger partial charge on any atom is -0.491 e. The number of halogens is 4. The van der Waals surface area contributed by atoms with Gasteiger partial charge in [0.25, 0.3) is 0 Å². The lowest BCUT2D eigenvalue weighted by molar-refractivity contribution is -0.189. The molecule has 2 aromatic heterocycles. The Morgan fingerprint density at radius 3 is 2.43 bits per heavy atom. The molecule has 49 heavy (non-hydrogen) atoms. The van der Waals surface area contributed by atoms with Gasteiger partial charge in [-0.3, -0.25) is 4.90 Å². The van der Waals surface area contributed by atoms with E-state index in [1.807, 2.05) is 65.5 Å². The molecule has 0 radical (unpaired) electrons. The number of anilines is 1. The van der Waals surface area contributed by atoms with Crippen LogP contribution in [0.4, 0.5) is 5.69 Å². The van der Waals surface area contributed by atoms with Gasteiger partial charge in [-0.05, 0) is 43.3 Å². The first kappa shape index (κ1) is 36.9. The second-order valence-corrected chi connectivity index (χ2v) is 12.7. The molecule has 0 unspecified atom stereocenters. The Labute approximate surface area is 309 Å². The molecule has 0 aliphatic carbocycles. The average Bonchev–Trinajstić information content (AvgIpc) is 3.76. The van der Waals surface area contributed by atoms with E-state index < -0.39 is 5.79 Å². The summed E-state index contributed by atoms with van der Waals surface area (Å²) in [6, 6.07) is 23.7. The van der Waals surface area contributed by atoms with Gasteiger partial charge in [-0.2, -0.15) is 0 Å². The van der Waals surface area contributed by atoms with E-state index in [1.165, 1.54) is 11.3 Å². The molecule has 2 aliphatic rings. The molecule has 2 aliphatic heterocycles. The molecule has 2 fully saturated rings. The standard InChI is InChI=1S/C36H36Cl2N6O3.2ClH/c1-26-28(20-40-35(41-26)27-5-3-2-4-6-27)21-42-15-17-44(18-16-42)30-8-10-31(11-9-30)45-22-32-23-46-36(47-32,24-43-14-13-39-25-43)33-12-7-29(37)19-34(33)38;;/h2-14,19-20,25,32H,15-18,21-24H2,1H3;2*1H/t32-,36-;;/m1../s1. The Hall–Kier alpha value is -3.41. The topological polar surface area (TPSA) is 77.8 Å². The van der Waals surface area contributed by atoms with Crippen molar-refractivity contribution in [2.45, 2.75) is 31.9 Å². The zero-order valence-electron chi connectivity index (χ0n) is 27.0. The maximum atomic E-state index is 6.60. The summed E-state index contributed by atoms with van der Waals surface area (Å²) in [5.41, 5.74) is 5.14. The van der Waals surface area contributed by atoms with Gasteiger partial charge in [0.15, 0.2) is 5.82 Å². The molecule has 4 heterocycles. The fourth-order valence-corrected chi connectivity index (χ4v) is 6.65. The zero-order valence-corrected chi connectivity index (χ0v) is 30.1. The Kier molecular flexibility index (Phi) is 12.4. The van der Waals surface area contributed by atoms with Crippen molar-refractivity contribution in [2.24, 2.45) is 0 Å². The number of rotatable bonds is 10. The molecule has 2 saturated heterocycles. The molecule has 0 spiro atoms. The van der Waals surface area contributed by atoms with Gasteiger partial charge in [-0.25, -0.2) is 15.0 Å². The molecule has 5 aromatic rings. The van der Waals surface area contributed by atoms with Crippen molar-refractivity contribution in [2.75, 3.05) is 44.3 Å². The Bertz CT molecular complexity index is 1790. The Morgan fingerprint density at radius 2 is 1.73 bits per heavy atom. The molecule has 0 saturated carbocycles. The van der Waals surface area contributed by atoms with Gasteiger partial charge in [-0.1, -0.05) is 59.6 Å². The van der Waals surface area contributed by atoms with Crippen LogP contribution in [0.2, 0.25) is 10.0 Å². The van der Waals surface area contributed by atoms with Crippen molar-refractivity contribution < 1.29 is 14.2 Å². The molecule has 9 nitrogen and oxygen atoms in total. The number of aromatic nitrogens is 4. The normalized spacial score (nSPS) is 19.2. The van der Waals surface area contributed by atoms with Gasteiger partial charge < -0.3 is 23.7 Å². The van der Waals surface area contributed by atoms with Crippen molar-refractivity contribution >= 4 is 53.7 Å². The largest absolute Gasteiger partial charge is 0.491 e. The predicted octanol–water partition coefficient (Wildman–Crippen LogP) is 7.47. The third-order valence-corrected chi connectivity index (χ3v) is 9.22. The number of piperazine rings is 1. The number of ether oxygens (including phenoxy) is 3. The van der Waals surface area contributed by atoms with E-state index in [2.05, 4.69) is 38.8 Å². The van der Waals surface area contributed by atoms with Gasteiger partial charge in [-0.15, -0.1) is 24.8 Å². The van der Waals surface area contributed by atoms with E-state index in [-0.39, 0.29) is 30.9 Å². The molecule has 13 heteroatoms. The fourth-order valence-electron chi connectivity index (χ4n) is 6.10. The molecule has 0 bridgehead atoms. The second-order valence-electron chi connectivity index (χ2n) is 11.9. The highest BCUT2D eigenvalue weighted by Crippen LogP contribution is 2.40. The molecule has 0 amide bonds. The van der Waals surface area contributed by atoms with E-state index in [9.17, 15) is 0 Å². The van der Waals surface area contributed by atoms with Crippen molar-refractivity contribution in [3.63, 3.8) is 0 Å². The summed E-state index contributed by atoms with van der Waals surface area (Å²) in [7, 11) is 0. The first-order chi connectivity index (χ1) is 22.9. The van der Waals surface area contributed by atoms with Crippen LogP contribution in [0.15, 0.2) is 97.7 Å². The first-order valence-corrected chi connectivity index (χ1v) is 16.5. The summed E-state index contributed by atoms with van der Waals surface area (Å²) in [6.45, 7) is 7.84. The molecule has 2 atom stereocenters. The lowest BCUT2D eigenvalue weighted by atomic mass is 10.1. The molecular weight excluding hydrogens is 706 g/mol. The lowest BCUT2D eigenvalue weighted by Crippen LogP contribution is -2.46. The van der Waals surface area contributed by atoms with E-state index in [0.29, 0.717) is 35.4 Å². The highest BCUT2D eigenvalue weighted by Gasteiger charge is 2.45. The predicted molar refractivity (Wildman–Crippen MR) is 197 cm³/mol. The monoisotopic (exact) mass is 742 g/mol. The van der Waals surface area contributed by atoms with Crippen LogP contribution in [0.25, 0.3) is 11.4 Å². The molecule has 7 rings (SSSR count). The summed E-state index contributed by atoms with van der Waals surface area (Å²) in [5, 5.41) is 1.03. The van der Waals surface area contributed by atoms with Crippen molar-refractivity contribution in [3.8, 4) is 17.1 Å². The number of imidazole rings is 1. The van der Waals surface area contributed by atoms with Gasteiger partial charge in [0, 0.05) is 84.4 Å². The van der Waals surface area contributed by atoms with Crippen LogP contribution < -0.4 is 9.64 Å². The third-order valence-electron chi connectivity index (χ3n) is 8.67. The first-order valence-electron chi connectivity index (χ1n) is 15.8. The molecule has 3 aromatic carbocycles. The average molecular weight is 745 g/mol. The highest BCUT2D eigenvalue weighted by atomic mass is 35.5. The van der Waals surface area contributed by atoms with Crippen LogP contribution in [0, 0.1) is 6.92 Å². The zero-order chi connectivity index (χ0) is 32.2. The van der Waals surface area contributed by atoms with Crippen LogP contribution in [0.5, 0.6) is 5.75 Å².